The van der Waals surface area contributed by atoms with E-state index in [0.717, 1.165) is 44.0 Å². The molecule has 1 amide bonds. The Morgan fingerprint density at radius 1 is 1.15 bits per heavy atom. The fraction of sp³-hybridized carbons (Fsp3) is 0.120. The van der Waals surface area contributed by atoms with E-state index in [-0.39, 0.29) is 11.9 Å². The minimum Gasteiger partial charge on any atom is -0.342 e. The van der Waals surface area contributed by atoms with Gasteiger partial charge in [-0.3, -0.25) is 9.48 Å². The summed E-state index contributed by atoms with van der Waals surface area (Å²) < 4.78 is 2.95. The van der Waals surface area contributed by atoms with Crippen molar-refractivity contribution >= 4 is 49.9 Å². The molecule has 1 aliphatic heterocycles. The number of amides is 1. The third-order valence-electron chi connectivity index (χ3n) is 5.49. The molecular weight excluding hydrogens is 432 g/mol. The van der Waals surface area contributed by atoms with Gasteiger partial charge >= 0.3 is 0 Å². The number of benzene rings is 2. The molecule has 0 aliphatic carbocycles. The Morgan fingerprint density at radius 3 is 2.88 bits per heavy atom. The smallest absolute Gasteiger partial charge is 0.224 e. The molecule has 1 fully saturated rings. The van der Waals surface area contributed by atoms with Gasteiger partial charge in [-0.2, -0.15) is 5.10 Å². The molecule has 8 heteroatoms. The summed E-state index contributed by atoms with van der Waals surface area (Å²) in [5, 5.41) is 11.8. The van der Waals surface area contributed by atoms with E-state index in [0.29, 0.717) is 6.42 Å². The number of carbonyl (C=O) groups is 1. The molecule has 1 aliphatic rings. The van der Waals surface area contributed by atoms with Gasteiger partial charge in [-0.25, -0.2) is 9.97 Å². The van der Waals surface area contributed by atoms with Crippen LogP contribution < -0.4 is 10.6 Å². The zero-order valence-electron chi connectivity index (χ0n) is 17.4. The van der Waals surface area contributed by atoms with E-state index >= 15 is 0 Å². The van der Waals surface area contributed by atoms with Crippen LogP contribution in [0.1, 0.15) is 16.9 Å². The Hall–Kier alpha value is -4.22. The number of β-lactam (4-membered cyclic amide) rings is 1. The van der Waals surface area contributed by atoms with Crippen LogP contribution in [0.2, 0.25) is 0 Å². The van der Waals surface area contributed by atoms with Crippen molar-refractivity contribution < 1.29 is 4.79 Å². The van der Waals surface area contributed by atoms with E-state index in [2.05, 4.69) is 61.8 Å². The molecule has 0 saturated carbocycles. The Morgan fingerprint density at radius 2 is 2.03 bits per heavy atom. The number of thiophene rings is 1. The monoisotopic (exact) mass is 450 g/mol. The number of fused-ring (bicyclic) bond motifs is 2. The fourth-order valence-corrected chi connectivity index (χ4v) is 4.71. The van der Waals surface area contributed by atoms with Gasteiger partial charge in [0.25, 0.3) is 0 Å². The van der Waals surface area contributed by atoms with Gasteiger partial charge in [0, 0.05) is 11.1 Å². The lowest BCUT2D eigenvalue weighted by molar-refractivity contribution is -0.126. The highest BCUT2D eigenvalue weighted by molar-refractivity contribution is 7.20. The first kappa shape index (κ1) is 19.5. The first-order chi connectivity index (χ1) is 16.2. The maximum absolute atomic E-state index is 11.0. The highest BCUT2D eigenvalue weighted by atomic mass is 32.1. The lowest BCUT2D eigenvalue weighted by Crippen LogP contribution is -2.47. The van der Waals surface area contributed by atoms with Gasteiger partial charge < -0.3 is 10.6 Å². The molecule has 0 bridgehead atoms. The molecule has 2 aromatic carbocycles. The van der Waals surface area contributed by atoms with Gasteiger partial charge in [-0.05, 0) is 29.8 Å². The van der Waals surface area contributed by atoms with Gasteiger partial charge in [0.05, 0.1) is 45.8 Å². The molecule has 3 aromatic heterocycles. The minimum atomic E-state index is -0.0547. The molecule has 0 spiro atoms. The van der Waals surface area contributed by atoms with Crippen LogP contribution in [0.5, 0.6) is 0 Å². The van der Waals surface area contributed by atoms with Crippen LogP contribution in [0.4, 0.5) is 11.5 Å². The summed E-state index contributed by atoms with van der Waals surface area (Å²) in [5.41, 5.74) is 4.06. The molecule has 4 heterocycles. The van der Waals surface area contributed by atoms with Crippen LogP contribution in [0.3, 0.4) is 0 Å². The molecule has 5 aromatic rings. The summed E-state index contributed by atoms with van der Waals surface area (Å²) in [6, 6.07) is 18.4. The highest BCUT2D eigenvalue weighted by Gasteiger charge is 2.22. The van der Waals surface area contributed by atoms with Crippen molar-refractivity contribution in [2.75, 3.05) is 5.32 Å². The summed E-state index contributed by atoms with van der Waals surface area (Å²) in [6.45, 7) is 0.729. The Labute approximate surface area is 193 Å². The number of nitrogens with one attached hydrogen (secondary N) is 2. The predicted molar refractivity (Wildman–Crippen MR) is 129 cm³/mol. The number of nitrogens with zero attached hydrogens (tertiary/aromatic N) is 4. The number of anilines is 2. The maximum atomic E-state index is 11.0. The standard InChI is InChI=1S/C25H18N6OS/c32-23-11-19(29-23)6-8-20-12-21-24(33-20)25(27-15-26-21)30-18-7-9-22-17(10-18)13-28-31(22)14-16-4-2-1-3-5-16/h1-5,7,9-10,12-13,15,19H,11,14H2,(H,29,32)(H,26,27,30)/t19-/m1/s1. The molecule has 7 nitrogen and oxygen atoms in total. The van der Waals surface area contributed by atoms with Gasteiger partial charge in [0.15, 0.2) is 5.82 Å². The highest BCUT2D eigenvalue weighted by Crippen LogP contribution is 2.31. The van der Waals surface area contributed by atoms with Crippen LogP contribution in [0.25, 0.3) is 21.1 Å². The third kappa shape index (κ3) is 3.90. The molecule has 6 rings (SSSR count). The average Bonchev–Trinajstić information content (AvgIpc) is 3.41. The molecule has 0 unspecified atom stereocenters. The van der Waals surface area contributed by atoms with E-state index in [9.17, 15) is 4.79 Å². The molecule has 33 heavy (non-hydrogen) atoms. The van der Waals surface area contributed by atoms with E-state index in [1.165, 1.54) is 16.9 Å². The van der Waals surface area contributed by atoms with Crippen LogP contribution in [0.15, 0.2) is 67.1 Å². The van der Waals surface area contributed by atoms with Gasteiger partial charge in [-0.1, -0.05) is 42.2 Å². The number of aromatic nitrogens is 4. The van der Waals surface area contributed by atoms with Crippen LogP contribution >= 0.6 is 11.3 Å². The minimum absolute atomic E-state index is 0.0468. The van der Waals surface area contributed by atoms with Crippen molar-refractivity contribution in [3.05, 3.63) is 77.6 Å². The Bertz CT molecular complexity index is 1550. The van der Waals surface area contributed by atoms with E-state index in [4.69, 9.17) is 0 Å². The molecule has 0 radical (unpaired) electrons. The lowest BCUT2D eigenvalue weighted by atomic mass is 10.1. The molecule has 2 N–H and O–H groups in total. The maximum Gasteiger partial charge on any atom is 0.224 e. The predicted octanol–water partition coefficient (Wildman–Crippen LogP) is 4.07. The van der Waals surface area contributed by atoms with Crippen molar-refractivity contribution in [3.63, 3.8) is 0 Å². The summed E-state index contributed by atoms with van der Waals surface area (Å²) in [5.74, 6) is 7.02. The van der Waals surface area contributed by atoms with Gasteiger partial charge in [-0.15, -0.1) is 11.3 Å². The van der Waals surface area contributed by atoms with Crippen molar-refractivity contribution in [2.45, 2.75) is 19.0 Å². The number of carbonyl (C=O) groups excluding carboxylic acids is 1. The van der Waals surface area contributed by atoms with E-state index < -0.39 is 0 Å². The molecule has 1 saturated heterocycles. The van der Waals surface area contributed by atoms with E-state index in [1.807, 2.05) is 41.2 Å². The Kier molecular flexibility index (Phi) is 4.74. The SMILES string of the molecule is O=C1C[C@@H](C#Cc2cc3ncnc(Nc4ccc5c(cnn5Cc5ccccc5)c4)c3s2)N1. The summed E-state index contributed by atoms with van der Waals surface area (Å²) in [4.78, 5) is 20.8. The van der Waals surface area contributed by atoms with Crippen molar-refractivity contribution in [1.82, 2.24) is 25.1 Å². The molecule has 1 atom stereocenters. The second kappa shape index (κ2) is 8.04. The number of hydrogen-bond donors (Lipinski definition) is 2. The second-order valence-electron chi connectivity index (χ2n) is 7.83. The zero-order valence-corrected chi connectivity index (χ0v) is 18.3. The Balaban J connectivity index is 1.25. The average molecular weight is 451 g/mol. The third-order valence-corrected chi connectivity index (χ3v) is 6.53. The molecular formula is C25H18N6OS. The van der Waals surface area contributed by atoms with Crippen LogP contribution in [0, 0.1) is 11.8 Å². The van der Waals surface area contributed by atoms with Gasteiger partial charge in [0.1, 0.15) is 6.33 Å². The second-order valence-corrected chi connectivity index (χ2v) is 8.88. The van der Waals surface area contributed by atoms with Crippen LogP contribution in [-0.4, -0.2) is 31.7 Å². The van der Waals surface area contributed by atoms with E-state index in [1.54, 1.807) is 6.33 Å². The summed E-state index contributed by atoms with van der Waals surface area (Å²) in [7, 11) is 0. The van der Waals surface area contributed by atoms with Crippen LogP contribution in [-0.2, 0) is 11.3 Å². The first-order valence-corrected chi connectivity index (χ1v) is 11.3. The first-order valence-electron chi connectivity index (χ1n) is 10.5. The topological polar surface area (TPSA) is 84.7 Å². The van der Waals surface area contributed by atoms with Crippen molar-refractivity contribution in [1.29, 1.82) is 0 Å². The fourth-order valence-electron chi connectivity index (χ4n) is 3.79. The number of rotatable bonds is 4. The summed E-state index contributed by atoms with van der Waals surface area (Å²) in [6.07, 6.45) is 3.91. The van der Waals surface area contributed by atoms with Crippen molar-refractivity contribution in [3.8, 4) is 11.8 Å². The lowest BCUT2D eigenvalue weighted by Gasteiger charge is -2.20. The molecule has 160 valence electrons. The number of hydrogen-bond acceptors (Lipinski definition) is 6. The zero-order chi connectivity index (χ0) is 22.2. The summed E-state index contributed by atoms with van der Waals surface area (Å²) >= 11 is 1.54. The van der Waals surface area contributed by atoms with Crippen molar-refractivity contribution in [2.24, 2.45) is 0 Å². The quantitative estimate of drug-likeness (QED) is 0.318. The normalized spacial score (nSPS) is 15.0. The largest absolute Gasteiger partial charge is 0.342 e. The van der Waals surface area contributed by atoms with Gasteiger partial charge in [0.2, 0.25) is 5.91 Å².